The number of phosphoric ester groups is 3. The number of aromatic amines is 2. The number of nitrogen functional groups attached to an aromatic ring is 3. The van der Waals surface area contributed by atoms with Crippen molar-refractivity contribution < 1.29 is 108 Å². The molecule has 3 aliphatic rings. The summed E-state index contributed by atoms with van der Waals surface area (Å²) in [5, 5.41) is 43.2. The van der Waals surface area contributed by atoms with Gasteiger partial charge >= 0.3 is 36.9 Å². The Bertz CT molecular complexity index is 3470. The van der Waals surface area contributed by atoms with Crippen molar-refractivity contribution in [2.75, 3.05) is 44.1 Å². The lowest BCUT2D eigenvalue weighted by atomic mass is 10.1. The zero-order valence-corrected chi connectivity index (χ0v) is 41.5. The first kappa shape index (κ1) is 54.6. The minimum Gasteiger partial charge on any atom is -0.387 e. The maximum atomic E-state index is 13.7. The first-order chi connectivity index (χ1) is 35.2. The van der Waals surface area contributed by atoms with Crippen LogP contribution < -0.4 is 32.9 Å². The molecule has 6 aromatic rings. The molecule has 0 aliphatic carbocycles. The molecule has 0 bridgehead atoms. The molecule has 4 unspecified atom stereocenters. The molecule has 16 N–H and O–H groups in total. The number of methoxy groups -OCH3 is 1. The van der Waals surface area contributed by atoms with Crippen molar-refractivity contribution in [3.05, 3.63) is 46.0 Å². The molecule has 0 saturated carbocycles. The van der Waals surface area contributed by atoms with E-state index in [9.17, 15) is 67.8 Å². The first-order valence-electron chi connectivity index (χ1n) is 21.2. The van der Waals surface area contributed by atoms with Crippen molar-refractivity contribution in [1.29, 1.82) is 0 Å². The van der Waals surface area contributed by atoms with E-state index in [2.05, 4.69) is 53.0 Å². The fourth-order valence-corrected chi connectivity index (χ4v) is 12.8. The predicted molar refractivity (Wildman–Crippen MR) is 239 cm³/mol. The summed E-state index contributed by atoms with van der Waals surface area (Å²) >= 11 is 0. The monoisotopic (exact) mass is 1150 g/mol. The van der Waals surface area contributed by atoms with Crippen molar-refractivity contribution in [2.24, 2.45) is 7.05 Å². The zero-order valence-electron chi connectivity index (χ0n) is 38.0. The molecular weight excluding hydrogens is 1100 g/mol. The lowest BCUT2D eigenvalue weighted by molar-refractivity contribution is -0.745. The molecule has 3 aliphatic heterocycles. The van der Waals surface area contributed by atoms with Crippen LogP contribution in [0.15, 0.2) is 34.9 Å². The van der Waals surface area contributed by atoms with Crippen LogP contribution in [0.3, 0.4) is 0 Å². The number of nitrogens with one attached hydrogen (secondary N) is 2. The number of aryl methyl sites for hydroxylation is 1. The average Bonchev–Trinajstić information content (AvgIpc) is 4.17. The Kier molecular flexibility index (Phi) is 14.8. The molecule has 0 radical (unpaired) electrons. The molecule has 410 valence electrons. The highest BCUT2D eigenvalue weighted by atomic mass is 31.3. The largest absolute Gasteiger partial charge is 0.490 e. The van der Waals surface area contributed by atoms with Crippen molar-refractivity contribution in [3.8, 4) is 0 Å². The summed E-state index contributed by atoms with van der Waals surface area (Å²) in [7, 11) is -20.9. The van der Waals surface area contributed by atoms with E-state index < -0.39 is 136 Å². The number of anilines is 3. The lowest BCUT2D eigenvalue weighted by Crippen LogP contribution is -2.46. The molecule has 3 fully saturated rings. The van der Waals surface area contributed by atoms with Gasteiger partial charge in [-0.05, 0) is 0 Å². The van der Waals surface area contributed by atoms with Crippen LogP contribution in [0.5, 0.6) is 0 Å². The van der Waals surface area contributed by atoms with Crippen molar-refractivity contribution >= 4 is 82.5 Å². The van der Waals surface area contributed by atoms with E-state index in [-0.39, 0.29) is 51.2 Å². The van der Waals surface area contributed by atoms with Crippen LogP contribution in [0.4, 0.5) is 17.7 Å². The molecule has 3 saturated heterocycles. The summed E-state index contributed by atoms with van der Waals surface area (Å²) in [6.45, 7) is -3.40. The Labute approximate surface area is 414 Å². The van der Waals surface area contributed by atoms with Crippen LogP contribution in [0, 0.1) is 0 Å². The lowest BCUT2D eigenvalue weighted by Gasteiger charge is -2.26. The van der Waals surface area contributed by atoms with Gasteiger partial charge in [0.15, 0.2) is 41.4 Å². The highest BCUT2D eigenvalue weighted by Gasteiger charge is 2.54. The second-order valence-corrected chi connectivity index (χ2v) is 22.5. The molecule has 39 nitrogen and oxygen atoms in total. The SMILES string of the molecule is CO[C@@H]1[C@H](OP(=O)(O)OC[C@H]2O[C@@H](n3cnc4c(=O)[nH]c(N)nc43)[C@H](O)[C@@H]2O)[C@@H](COP(=O)(O)OP(=O)(O)OP(=O)(O)OC[C@H]2O[C@@H]([n+]3cn(C)c4c(=O)[nH]c(N)nc43)[C@H](O)[C@@H]2O)O[C@H]1n1cnc2c(N)ncnc21. The second kappa shape index (κ2) is 20.3. The minimum absolute atomic E-state index is 0.00606. The van der Waals surface area contributed by atoms with Crippen LogP contribution in [0.2, 0.25) is 0 Å². The Morgan fingerprint density at radius 3 is 1.89 bits per heavy atom. The number of hydrogen-bond acceptors (Lipinski definition) is 29. The molecule has 6 aromatic heterocycles. The Balaban J connectivity index is 0.862. The number of hydrogen-bond donors (Lipinski definition) is 13. The van der Waals surface area contributed by atoms with Crippen LogP contribution in [-0.4, -0.2) is 175 Å². The first-order valence-corrected chi connectivity index (χ1v) is 27.1. The highest BCUT2D eigenvalue weighted by Crippen LogP contribution is 2.68. The average molecular weight is 1150 g/mol. The summed E-state index contributed by atoms with van der Waals surface area (Å²) in [6, 6.07) is 0. The van der Waals surface area contributed by atoms with Gasteiger partial charge in [0.25, 0.3) is 17.1 Å². The van der Waals surface area contributed by atoms with E-state index in [4.69, 9.17) is 49.7 Å². The molecule has 0 spiro atoms. The van der Waals surface area contributed by atoms with Crippen molar-refractivity contribution in [3.63, 3.8) is 0 Å². The number of nitrogens with two attached hydrogens (primary N) is 3. The van der Waals surface area contributed by atoms with Crippen LogP contribution >= 0.6 is 31.3 Å². The molecule has 0 aromatic carbocycles. The Hall–Kier alpha value is -5.15. The highest BCUT2D eigenvalue weighted by molar-refractivity contribution is 7.66. The third-order valence-corrected chi connectivity index (χ3v) is 16.8. The van der Waals surface area contributed by atoms with Crippen molar-refractivity contribution in [2.45, 2.75) is 73.6 Å². The van der Waals surface area contributed by atoms with Crippen molar-refractivity contribution in [1.82, 2.24) is 53.6 Å². The number of aliphatic hydroxyl groups excluding tert-OH is 4. The van der Waals surface area contributed by atoms with Gasteiger partial charge in [-0.25, -0.2) is 42.8 Å². The zero-order chi connectivity index (χ0) is 54.3. The number of nitrogens with zero attached hydrogens (tertiary/aromatic N) is 10. The molecule has 9 rings (SSSR count). The summed E-state index contributed by atoms with van der Waals surface area (Å²) in [5.41, 5.74) is 15.4. The van der Waals surface area contributed by atoms with Crippen LogP contribution in [-0.2, 0) is 71.0 Å². The van der Waals surface area contributed by atoms with Gasteiger partial charge in [0.05, 0.1) is 39.5 Å². The van der Waals surface area contributed by atoms with E-state index in [1.54, 1.807) is 0 Å². The second-order valence-electron chi connectivity index (χ2n) is 16.5. The maximum absolute atomic E-state index is 13.7. The molecule has 9 heterocycles. The summed E-state index contributed by atoms with van der Waals surface area (Å²) in [6.07, 6.45) is -15.8. The maximum Gasteiger partial charge on any atom is 0.490 e. The van der Waals surface area contributed by atoms with E-state index in [0.717, 1.165) is 35.2 Å². The van der Waals surface area contributed by atoms with Gasteiger partial charge in [0.1, 0.15) is 66.8 Å². The summed E-state index contributed by atoms with van der Waals surface area (Å²) in [5.74, 6) is -0.716. The number of rotatable bonds is 19. The van der Waals surface area contributed by atoms with E-state index in [1.807, 2.05) is 0 Å². The molecular formula is C32H44N15O24P4+. The van der Waals surface area contributed by atoms with E-state index in [1.165, 1.54) is 22.5 Å². The minimum atomic E-state index is -6.20. The predicted octanol–water partition coefficient (Wildman–Crippen LogP) is -4.71. The molecule has 75 heavy (non-hydrogen) atoms. The number of fused-ring (bicyclic) bond motifs is 3. The standard InChI is InChI=1S/C32H43N15O24P4/c1-44-9-47(25-15(44)27(53)43-32(35)41-25)29-19(51)17(49)11(67-29)4-64-73(56,57)70-75(60,61)71-74(58,59)65-5-12-20(21(62-2)30(68-12)45-7-38-13-22(33)36-6-37-23(13)45)69-72(54,55)63-3-10-16(48)18(50)28(66-10)46-8-39-14-24(46)40-31(34)42-26(14)52/h6-12,16-21,28-30,48-51H,3-5H2,1-2H3,(H11-,33,34,35,36,37,40,41,42,43,52,53,54,55,56,57,58,59,60,61)/p+1/t10-,11-,12-,16-,17-,18-,19-,20-,21-,28-,29-,30-/m1/s1. The molecule has 16 atom stereocenters. The number of aliphatic hydroxyl groups is 4. The van der Waals surface area contributed by atoms with E-state index >= 15 is 0 Å². The smallest absolute Gasteiger partial charge is 0.387 e. The van der Waals surface area contributed by atoms with Gasteiger partial charge in [-0.15, -0.1) is 0 Å². The quantitative estimate of drug-likeness (QED) is 0.0268. The Morgan fingerprint density at radius 1 is 0.667 bits per heavy atom. The third kappa shape index (κ3) is 10.9. The van der Waals surface area contributed by atoms with E-state index in [0.29, 0.717) is 0 Å². The number of H-pyrrole nitrogens is 2. The third-order valence-electron chi connectivity index (χ3n) is 11.6. The van der Waals surface area contributed by atoms with Gasteiger partial charge < -0.3 is 76.1 Å². The number of imidazole rings is 3. The molecule has 43 heteroatoms. The molecule has 0 amide bonds. The number of ether oxygens (including phenoxy) is 4. The van der Waals surface area contributed by atoms with Gasteiger partial charge in [-0.1, -0.05) is 4.98 Å². The Morgan fingerprint density at radius 2 is 1.23 bits per heavy atom. The van der Waals surface area contributed by atoms with Crippen LogP contribution in [0.1, 0.15) is 18.7 Å². The fourth-order valence-electron chi connectivity index (χ4n) is 8.29. The number of aromatic nitrogens is 12. The summed E-state index contributed by atoms with van der Waals surface area (Å²) < 4.78 is 109. The topological polar surface area (TPSA) is 562 Å². The van der Waals surface area contributed by atoms with Gasteiger partial charge in [0.2, 0.25) is 17.7 Å². The van der Waals surface area contributed by atoms with Gasteiger partial charge in [-0.3, -0.25) is 51.4 Å². The van der Waals surface area contributed by atoms with Gasteiger partial charge in [0, 0.05) is 7.11 Å². The summed E-state index contributed by atoms with van der Waals surface area (Å²) in [4.78, 5) is 95.6. The van der Waals surface area contributed by atoms with Gasteiger partial charge in [-0.2, -0.15) is 13.6 Å². The normalized spacial score (nSPS) is 30.5. The van der Waals surface area contributed by atoms with Crippen LogP contribution in [0.25, 0.3) is 33.5 Å². The fraction of sp³-hybridized carbons (Fsp3) is 0.531. The number of phosphoric acid groups is 4.